The summed E-state index contributed by atoms with van der Waals surface area (Å²) >= 11 is 0. The van der Waals surface area contributed by atoms with Gasteiger partial charge in [0.15, 0.2) is 0 Å². The fraction of sp³-hybridized carbons (Fsp3) is 0.294. The fourth-order valence-corrected chi connectivity index (χ4v) is 4.61. The lowest BCUT2D eigenvalue weighted by atomic mass is 9.92. The molecule has 0 amide bonds. The molecule has 1 aliphatic carbocycles. The van der Waals surface area contributed by atoms with Crippen molar-refractivity contribution in [3.63, 3.8) is 0 Å². The molecule has 1 aliphatic rings. The summed E-state index contributed by atoms with van der Waals surface area (Å²) in [4.78, 5) is 0.217. The molecule has 0 unspecified atom stereocenters. The van der Waals surface area contributed by atoms with Gasteiger partial charge < -0.3 is 0 Å². The molecule has 0 aliphatic heterocycles. The summed E-state index contributed by atoms with van der Waals surface area (Å²) in [5.41, 5.74) is 2.89. The molecule has 0 saturated carbocycles. The minimum absolute atomic E-state index is 0.217. The van der Waals surface area contributed by atoms with Gasteiger partial charge in [0.05, 0.1) is 22.5 Å². The standard InChI is InChI=1S/C17H20N2O4S2/c1-24(20,21)18-15-7-4-8-16(12-15)19-25(22,23)17-10-9-13-5-2-3-6-14(13)11-17/h4,7-12,18-19H,2-3,5-6H2,1H3. The lowest BCUT2D eigenvalue weighted by molar-refractivity contribution is 0.600. The van der Waals surface area contributed by atoms with Gasteiger partial charge in [-0.05, 0) is 67.1 Å². The first kappa shape index (κ1) is 17.8. The molecule has 2 aromatic carbocycles. The van der Waals surface area contributed by atoms with Gasteiger partial charge in [0.25, 0.3) is 10.0 Å². The van der Waals surface area contributed by atoms with E-state index in [1.54, 1.807) is 30.3 Å². The molecule has 8 heteroatoms. The van der Waals surface area contributed by atoms with Gasteiger partial charge in [-0.15, -0.1) is 0 Å². The fourth-order valence-electron chi connectivity index (χ4n) is 2.95. The van der Waals surface area contributed by atoms with Crippen molar-refractivity contribution in [3.8, 4) is 0 Å². The van der Waals surface area contributed by atoms with Crippen LogP contribution in [0.2, 0.25) is 0 Å². The molecule has 0 heterocycles. The van der Waals surface area contributed by atoms with E-state index in [0.717, 1.165) is 37.5 Å². The second-order valence-electron chi connectivity index (χ2n) is 6.20. The van der Waals surface area contributed by atoms with Crippen molar-refractivity contribution < 1.29 is 16.8 Å². The van der Waals surface area contributed by atoms with E-state index in [4.69, 9.17) is 0 Å². The van der Waals surface area contributed by atoms with Crippen LogP contribution in [-0.4, -0.2) is 23.1 Å². The Balaban J connectivity index is 1.85. The Morgan fingerprint density at radius 2 is 1.44 bits per heavy atom. The predicted octanol–water partition coefficient (Wildman–Crippen LogP) is 2.74. The lowest BCUT2D eigenvalue weighted by Crippen LogP contribution is -2.15. The molecule has 25 heavy (non-hydrogen) atoms. The monoisotopic (exact) mass is 380 g/mol. The van der Waals surface area contributed by atoms with E-state index in [-0.39, 0.29) is 4.90 Å². The third-order valence-corrected chi connectivity index (χ3v) is 6.03. The van der Waals surface area contributed by atoms with Crippen LogP contribution < -0.4 is 9.44 Å². The summed E-state index contributed by atoms with van der Waals surface area (Å²) < 4.78 is 52.7. The van der Waals surface area contributed by atoms with E-state index in [0.29, 0.717) is 11.4 Å². The van der Waals surface area contributed by atoms with Crippen molar-refractivity contribution in [1.29, 1.82) is 0 Å². The molecule has 134 valence electrons. The average molecular weight is 380 g/mol. The smallest absolute Gasteiger partial charge is 0.261 e. The molecule has 0 bridgehead atoms. The Bertz CT molecular complexity index is 999. The van der Waals surface area contributed by atoms with Crippen molar-refractivity contribution in [1.82, 2.24) is 0 Å². The Kier molecular flexibility index (Phi) is 4.75. The lowest BCUT2D eigenvalue weighted by Gasteiger charge is -2.17. The number of sulfonamides is 2. The highest BCUT2D eigenvalue weighted by Crippen LogP contribution is 2.26. The summed E-state index contributed by atoms with van der Waals surface area (Å²) in [6, 6.07) is 11.4. The molecule has 2 aromatic rings. The van der Waals surface area contributed by atoms with Gasteiger partial charge in [-0.3, -0.25) is 9.44 Å². The summed E-state index contributed by atoms with van der Waals surface area (Å²) in [6.45, 7) is 0. The van der Waals surface area contributed by atoms with Crippen molar-refractivity contribution in [2.45, 2.75) is 30.6 Å². The van der Waals surface area contributed by atoms with E-state index in [1.165, 1.54) is 11.6 Å². The number of aryl methyl sites for hydroxylation is 2. The molecule has 2 N–H and O–H groups in total. The first-order valence-corrected chi connectivity index (χ1v) is 11.3. The van der Waals surface area contributed by atoms with Crippen LogP contribution in [-0.2, 0) is 32.9 Å². The van der Waals surface area contributed by atoms with Crippen LogP contribution in [0.1, 0.15) is 24.0 Å². The van der Waals surface area contributed by atoms with Gasteiger partial charge in [0.1, 0.15) is 0 Å². The molecular weight excluding hydrogens is 360 g/mol. The van der Waals surface area contributed by atoms with E-state index in [1.807, 2.05) is 6.07 Å². The van der Waals surface area contributed by atoms with Crippen LogP contribution in [0.15, 0.2) is 47.4 Å². The Morgan fingerprint density at radius 3 is 2.12 bits per heavy atom. The molecule has 0 spiro atoms. The molecule has 0 aromatic heterocycles. The minimum atomic E-state index is -3.73. The van der Waals surface area contributed by atoms with Gasteiger partial charge in [-0.1, -0.05) is 12.1 Å². The molecule has 3 rings (SSSR count). The SMILES string of the molecule is CS(=O)(=O)Nc1cccc(NS(=O)(=O)c2ccc3c(c2)CCCC3)c1. The zero-order valence-electron chi connectivity index (χ0n) is 13.8. The van der Waals surface area contributed by atoms with Crippen molar-refractivity contribution in [2.24, 2.45) is 0 Å². The highest BCUT2D eigenvalue weighted by atomic mass is 32.2. The third kappa shape index (κ3) is 4.52. The van der Waals surface area contributed by atoms with Gasteiger partial charge in [-0.25, -0.2) is 16.8 Å². The van der Waals surface area contributed by atoms with Crippen LogP contribution >= 0.6 is 0 Å². The van der Waals surface area contributed by atoms with E-state index in [9.17, 15) is 16.8 Å². The number of fused-ring (bicyclic) bond motifs is 1. The van der Waals surface area contributed by atoms with E-state index in [2.05, 4.69) is 9.44 Å². The number of anilines is 2. The number of rotatable bonds is 5. The summed E-state index contributed by atoms with van der Waals surface area (Å²) in [6.07, 6.45) is 5.13. The summed E-state index contributed by atoms with van der Waals surface area (Å²) in [5.74, 6) is 0. The summed E-state index contributed by atoms with van der Waals surface area (Å²) in [5, 5.41) is 0. The maximum atomic E-state index is 12.6. The Hall–Kier alpha value is -2.06. The number of nitrogens with one attached hydrogen (secondary N) is 2. The molecule has 6 nitrogen and oxygen atoms in total. The molecule has 0 atom stereocenters. The third-order valence-electron chi connectivity index (χ3n) is 4.05. The Morgan fingerprint density at radius 1 is 0.800 bits per heavy atom. The second kappa shape index (κ2) is 6.68. The van der Waals surface area contributed by atoms with E-state index >= 15 is 0 Å². The molecule has 0 fully saturated rings. The van der Waals surface area contributed by atoms with Crippen LogP contribution in [0.4, 0.5) is 11.4 Å². The van der Waals surface area contributed by atoms with Crippen molar-refractivity contribution >= 4 is 31.4 Å². The second-order valence-corrected chi connectivity index (χ2v) is 9.63. The van der Waals surface area contributed by atoms with E-state index < -0.39 is 20.0 Å². The molecule has 0 saturated heterocycles. The number of hydrogen-bond donors (Lipinski definition) is 2. The van der Waals surface area contributed by atoms with Gasteiger partial charge in [0.2, 0.25) is 10.0 Å². The van der Waals surface area contributed by atoms with Crippen LogP contribution in [0, 0.1) is 0 Å². The first-order chi connectivity index (χ1) is 11.7. The molecule has 0 radical (unpaired) electrons. The van der Waals surface area contributed by atoms with Crippen LogP contribution in [0.3, 0.4) is 0 Å². The largest absolute Gasteiger partial charge is 0.284 e. The normalized spacial score (nSPS) is 14.6. The zero-order valence-corrected chi connectivity index (χ0v) is 15.5. The van der Waals surface area contributed by atoms with Crippen molar-refractivity contribution in [2.75, 3.05) is 15.7 Å². The average Bonchev–Trinajstić information content (AvgIpc) is 2.52. The van der Waals surface area contributed by atoms with Crippen molar-refractivity contribution in [3.05, 3.63) is 53.6 Å². The Labute approximate surface area is 148 Å². The first-order valence-electron chi connectivity index (χ1n) is 7.95. The predicted molar refractivity (Wildman–Crippen MR) is 98.8 cm³/mol. The zero-order chi connectivity index (χ0) is 18.1. The topological polar surface area (TPSA) is 92.3 Å². The maximum Gasteiger partial charge on any atom is 0.261 e. The van der Waals surface area contributed by atoms with Gasteiger partial charge in [0, 0.05) is 0 Å². The highest BCUT2D eigenvalue weighted by molar-refractivity contribution is 7.92. The van der Waals surface area contributed by atoms with Crippen LogP contribution in [0.5, 0.6) is 0 Å². The molecular formula is C17H20N2O4S2. The highest BCUT2D eigenvalue weighted by Gasteiger charge is 2.18. The number of hydrogen-bond acceptors (Lipinski definition) is 4. The maximum absolute atomic E-state index is 12.6. The van der Waals surface area contributed by atoms with Gasteiger partial charge in [-0.2, -0.15) is 0 Å². The quantitative estimate of drug-likeness (QED) is 0.834. The van der Waals surface area contributed by atoms with Crippen LogP contribution in [0.25, 0.3) is 0 Å². The number of benzene rings is 2. The minimum Gasteiger partial charge on any atom is -0.284 e. The van der Waals surface area contributed by atoms with Gasteiger partial charge >= 0.3 is 0 Å². The summed E-state index contributed by atoms with van der Waals surface area (Å²) in [7, 11) is -7.16.